The lowest BCUT2D eigenvalue weighted by molar-refractivity contribution is 0.0955. The van der Waals surface area contributed by atoms with Crippen LogP contribution in [0.1, 0.15) is 35.0 Å². The van der Waals surface area contributed by atoms with Crippen LogP contribution >= 0.6 is 11.3 Å². The van der Waals surface area contributed by atoms with Gasteiger partial charge in [-0.05, 0) is 48.6 Å². The van der Waals surface area contributed by atoms with Crippen LogP contribution in [0.25, 0.3) is 0 Å². The predicted molar refractivity (Wildman–Crippen MR) is 112 cm³/mol. The zero-order chi connectivity index (χ0) is 21.0. The fraction of sp³-hybridized carbons (Fsp3) is 0.450. The van der Waals surface area contributed by atoms with Crippen molar-refractivity contribution in [2.45, 2.75) is 30.5 Å². The van der Waals surface area contributed by atoms with Crippen molar-refractivity contribution in [3.63, 3.8) is 0 Å². The summed E-state index contributed by atoms with van der Waals surface area (Å²) in [5.41, 5.74) is 0.850. The maximum Gasteiger partial charge on any atom is 0.261 e. The van der Waals surface area contributed by atoms with E-state index in [0.29, 0.717) is 41.9 Å². The zero-order valence-corrected chi connectivity index (χ0v) is 18.4. The lowest BCUT2D eigenvalue weighted by atomic mass is 10.0. The molecule has 0 aliphatic carbocycles. The van der Waals surface area contributed by atoms with Crippen molar-refractivity contribution < 1.29 is 22.7 Å². The number of piperidine rings is 1. The monoisotopic (exact) mass is 438 g/mol. The van der Waals surface area contributed by atoms with Gasteiger partial charge in [0, 0.05) is 19.6 Å². The zero-order valence-electron chi connectivity index (χ0n) is 16.8. The Balaban J connectivity index is 1.65. The number of carbonyl (C=O) groups excluding carboxylic acids is 1. The van der Waals surface area contributed by atoms with Crippen LogP contribution in [-0.4, -0.2) is 45.9 Å². The third-order valence-electron chi connectivity index (χ3n) is 5.04. The summed E-state index contributed by atoms with van der Waals surface area (Å²) in [5.74, 6) is 1.43. The molecule has 1 aromatic heterocycles. The highest BCUT2D eigenvalue weighted by atomic mass is 32.2. The quantitative estimate of drug-likeness (QED) is 0.718. The van der Waals surface area contributed by atoms with Gasteiger partial charge in [0.1, 0.15) is 4.21 Å². The Hall–Kier alpha value is -2.10. The molecule has 1 saturated heterocycles. The van der Waals surface area contributed by atoms with Crippen LogP contribution in [0.2, 0.25) is 0 Å². The van der Waals surface area contributed by atoms with Crippen LogP contribution in [0.5, 0.6) is 11.5 Å². The highest BCUT2D eigenvalue weighted by Gasteiger charge is 2.29. The lowest BCUT2D eigenvalue weighted by Gasteiger charge is -2.28. The molecular weight excluding hydrogens is 412 g/mol. The van der Waals surface area contributed by atoms with Crippen molar-refractivity contribution in [1.82, 2.24) is 9.62 Å². The maximum atomic E-state index is 12.8. The smallest absolute Gasteiger partial charge is 0.261 e. The Morgan fingerprint density at radius 3 is 2.48 bits per heavy atom. The molecule has 1 aliphatic heterocycles. The normalized spacial score (nSPS) is 15.8. The van der Waals surface area contributed by atoms with E-state index in [-0.39, 0.29) is 10.1 Å². The fourth-order valence-electron chi connectivity index (χ4n) is 3.19. The van der Waals surface area contributed by atoms with E-state index in [9.17, 15) is 13.2 Å². The molecule has 0 spiro atoms. The number of ether oxygens (including phenoxy) is 2. The molecule has 0 bridgehead atoms. The van der Waals surface area contributed by atoms with E-state index in [1.54, 1.807) is 32.4 Å². The van der Waals surface area contributed by atoms with Gasteiger partial charge in [-0.3, -0.25) is 4.79 Å². The average Bonchev–Trinajstić information content (AvgIpc) is 3.23. The molecule has 0 atom stereocenters. The molecule has 0 unspecified atom stereocenters. The molecule has 1 aliphatic rings. The minimum Gasteiger partial charge on any atom is -0.493 e. The number of rotatable bonds is 7. The molecular formula is C20H26N2O5S2. The van der Waals surface area contributed by atoms with Crippen molar-refractivity contribution in [2.24, 2.45) is 5.92 Å². The number of thiophene rings is 1. The molecule has 1 fully saturated rings. The first-order valence-electron chi connectivity index (χ1n) is 9.44. The Labute approximate surface area is 175 Å². The molecule has 1 aromatic carbocycles. The van der Waals surface area contributed by atoms with Crippen molar-refractivity contribution in [3.05, 3.63) is 40.8 Å². The largest absolute Gasteiger partial charge is 0.493 e. The Bertz CT molecular complexity index is 963. The summed E-state index contributed by atoms with van der Waals surface area (Å²) in [6.45, 7) is 3.49. The summed E-state index contributed by atoms with van der Waals surface area (Å²) in [6, 6.07) is 8.48. The van der Waals surface area contributed by atoms with Crippen LogP contribution in [0, 0.1) is 5.92 Å². The van der Waals surface area contributed by atoms with Gasteiger partial charge in [0.25, 0.3) is 15.9 Å². The van der Waals surface area contributed by atoms with Crippen molar-refractivity contribution in [2.75, 3.05) is 27.3 Å². The number of sulfonamides is 1. The van der Waals surface area contributed by atoms with Gasteiger partial charge in [0.2, 0.25) is 0 Å². The maximum absolute atomic E-state index is 12.8. The minimum atomic E-state index is -3.54. The van der Waals surface area contributed by atoms with E-state index in [1.807, 2.05) is 6.07 Å². The van der Waals surface area contributed by atoms with E-state index in [2.05, 4.69) is 12.2 Å². The Morgan fingerprint density at radius 1 is 1.14 bits per heavy atom. The van der Waals surface area contributed by atoms with Crippen LogP contribution < -0.4 is 14.8 Å². The SMILES string of the molecule is COc1ccc(CNC(=O)c2ccc(S(=O)(=O)N3CCC(C)CC3)s2)cc1OC. The molecule has 7 nitrogen and oxygen atoms in total. The first-order chi connectivity index (χ1) is 13.8. The lowest BCUT2D eigenvalue weighted by Crippen LogP contribution is -2.37. The standard InChI is InChI=1S/C20H26N2O5S2/c1-14-8-10-22(11-9-14)29(24,25)19-7-6-18(28-19)20(23)21-13-15-4-5-16(26-2)17(12-15)27-3/h4-7,12,14H,8-11,13H2,1-3H3,(H,21,23). The van der Waals surface area contributed by atoms with Gasteiger partial charge in [-0.1, -0.05) is 13.0 Å². The topological polar surface area (TPSA) is 84.9 Å². The second-order valence-electron chi connectivity index (χ2n) is 7.08. The third kappa shape index (κ3) is 4.91. The van der Waals surface area contributed by atoms with Crippen LogP contribution in [-0.2, 0) is 16.6 Å². The molecule has 9 heteroatoms. The van der Waals surface area contributed by atoms with Crippen molar-refractivity contribution in [3.8, 4) is 11.5 Å². The van der Waals surface area contributed by atoms with Gasteiger partial charge in [-0.15, -0.1) is 11.3 Å². The Morgan fingerprint density at radius 2 is 1.83 bits per heavy atom. The summed E-state index contributed by atoms with van der Waals surface area (Å²) in [4.78, 5) is 12.9. The average molecular weight is 439 g/mol. The molecule has 2 aromatic rings. The van der Waals surface area contributed by atoms with Crippen LogP contribution in [0.15, 0.2) is 34.5 Å². The first kappa shape index (κ1) is 21.6. The first-order valence-corrected chi connectivity index (χ1v) is 11.7. The van der Waals surface area contributed by atoms with Gasteiger partial charge < -0.3 is 14.8 Å². The number of nitrogens with zero attached hydrogens (tertiary/aromatic N) is 1. The molecule has 2 heterocycles. The minimum absolute atomic E-state index is 0.211. The summed E-state index contributed by atoms with van der Waals surface area (Å²) in [5, 5.41) is 2.82. The molecule has 3 rings (SSSR count). The highest BCUT2D eigenvalue weighted by molar-refractivity contribution is 7.91. The van der Waals surface area contributed by atoms with Gasteiger partial charge in [-0.2, -0.15) is 4.31 Å². The van der Waals surface area contributed by atoms with Gasteiger partial charge >= 0.3 is 0 Å². The summed E-state index contributed by atoms with van der Waals surface area (Å²) in [6.07, 6.45) is 1.73. The molecule has 1 N–H and O–H groups in total. The van der Waals surface area contributed by atoms with Crippen molar-refractivity contribution >= 4 is 27.3 Å². The fourth-order valence-corrected chi connectivity index (χ4v) is 6.04. The van der Waals surface area contributed by atoms with E-state index in [4.69, 9.17) is 9.47 Å². The molecule has 0 saturated carbocycles. The highest BCUT2D eigenvalue weighted by Crippen LogP contribution is 2.29. The van der Waals surface area contributed by atoms with E-state index < -0.39 is 10.0 Å². The van der Waals surface area contributed by atoms with Gasteiger partial charge in [0.15, 0.2) is 11.5 Å². The number of benzene rings is 1. The van der Waals surface area contributed by atoms with Crippen molar-refractivity contribution in [1.29, 1.82) is 0 Å². The number of carbonyl (C=O) groups is 1. The number of hydrogen-bond donors (Lipinski definition) is 1. The number of hydrogen-bond acceptors (Lipinski definition) is 6. The molecule has 0 radical (unpaired) electrons. The number of nitrogens with one attached hydrogen (secondary N) is 1. The second kappa shape index (κ2) is 9.15. The third-order valence-corrected chi connectivity index (χ3v) is 8.49. The summed E-state index contributed by atoms with van der Waals surface area (Å²) in [7, 11) is -0.426. The Kier molecular flexibility index (Phi) is 6.81. The molecule has 29 heavy (non-hydrogen) atoms. The molecule has 158 valence electrons. The van der Waals surface area contributed by atoms with Crippen LogP contribution in [0.4, 0.5) is 0 Å². The number of amides is 1. The van der Waals surface area contributed by atoms with E-state index in [0.717, 1.165) is 29.7 Å². The predicted octanol–water partition coefficient (Wildman–Crippen LogP) is 3.12. The van der Waals surface area contributed by atoms with E-state index in [1.165, 1.54) is 10.4 Å². The second-order valence-corrected chi connectivity index (χ2v) is 10.3. The number of methoxy groups -OCH3 is 2. The summed E-state index contributed by atoms with van der Waals surface area (Å²) >= 11 is 1.00. The van der Waals surface area contributed by atoms with Gasteiger partial charge in [0.05, 0.1) is 19.1 Å². The van der Waals surface area contributed by atoms with Gasteiger partial charge in [-0.25, -0.2) is 8.42 Å². The molecule has 1 amide bonds. The summed E-state index contributed by atoms with van der Waals surface area (Å²) < 4.78 is 37.8. The van der Waals surface area contributed by atoms with Crippen LogP contribution in [0.3, 0.4) is 0 Å². The van der Waals surface area contributed by atoms with E-state index >= 15 is 0 Å².